The Morgan fingerprint density at radius 2 is 2.00 bits per heavy atom. The normalized spacial score (nSPS) is 12.4. The summed E-state index contributed by atoms with van der Waals surface area (Å²) in [5.41, 5.74) is 6.75. The Balaban J connectivity index is 2.20. The first-order valence-corrected chi connectivity index (χ1v) is 7.49. The van der Waals surface area contributed by atoms with Gasteiger partial charge in [-0.05, 0) is 13.8 Å². The summed E-state index contributed by atoms with van der Waals surface area (Å²) in [6, 6.07) is 0. The lowest BCUT2D eigenvalue weighted by Crippen LogP contribution is -2.16. The summed E-state index contributed by atoms with van der Waals surface area (Å²) in [5, 5.41) is 2.11. The first-order valence-electron chi connectivity index (χ1n) is 5.73. The van der Waals surface area contributed by atoms with Gasteiger partial charge < -0.3 is 10.6 Å². The van der Waals surface area contributed by atoms with Gasteiger partial charge in [0.15, 0.2) is 4.34 Å². The summed E-state index contributed by atoms with van der Waals surface area (Å²) >= 11 is 3.25. The number of nitrogen functional groups attached to an aromatic ring is 1. The lowest BCUT2D eigenvalue weighted by atomic mass is 10.4. The second-order valence-electron chi connectivity index (χ2n) is 4.26. The Morgan fingerprint density at radius 3 is 2.58 bits per heavy atom. The molecular weight excluding hydrogens is 280 g/mol. The first kappa shape index (κ1) is 14.0. The molecule has 8 heteroatoms. The zero-order valence-corrected chi connectivity index (χ0v) is 12.9. The third kappa shape index (κ3) is 3.54. The molecular formula is C11H16N6S2. The van der Waals surface area contributed by atoms with E-state index in [9.17, 15) is 0 Å². The topological polar surface area (TPSA) is 80.8 Å². The summed E-state index contributed by atoms with van der Waals surface area (Å²) in [7, 11) is 3.75. The average Bonchev–Trinajstić information content (AvgIpc) is 2.73. The van der Waals surface area contributed by atoms with E-state index in [1.54, 1.807) is 23.1 Å². The predicted octanol–water partition coefficient (Wildman–Crippen LogP) is 2.14. The third-order valence-electron chi connectivity index (χ3n) is 2.30. The van der Waals surface area contributed by atoms with Crippen LogP contribution in [-0.2, 0) is 0 Å². The Hall–Kier alpha value is -1.41. The molecule has 0 aliphatic carbocycles. The van der Waals surface area contributed by atoms with Crippen molar-refractivity contribution < 1.29 is 0 Å². The van der Waals surface area contributed by atoms with Gasteiger partial charge in [-0.15, -0.1) is 11.3 Å². The Morgan fingerprint density at radius 1 is 1.26 bits per heavy atom. The molecule has 0 aliphatic rings. The minimum atomic E-state index is 0.0783. The van der Waals surface area contributed by atoms with Gasteiger partial charge in [-0.3, -0.25) is 0 Å². The first-order chi connectivity index (χ1) is 8.95. The van der Waals surface area contributed by atoms with E-state index in [1.807, 2.05) is 38.2 Å². The molecule has 0 amide bonds. The van der Waals surface area contributed by atoms with Gasteiger partial charge in [-0.2, -0.15) is 15.0 Å². The van der Waals surface area contributed by atoms with Crippen molar-refractivity contribution in [1.29, 1.82) is 0 Å². The molecule has 2 aromatic heterocycles. The number of nitrogens with zero attached hydrogens (tertiary/aromatic N) is 5. The van der Waals surface area contributed by atoms with E-state index in [0.717, 1.165) is 10.0 Å². The SMILES string of the molecule is Cc1csc(SC(C)c2nc(N)nc(N(C)C)n2)n1. The van der Waals surface area contributed by atoms with Crippen molar-refractivity contribution in [2.45, 2.75) is 23.4 Å². The average molecular weight is 296 g/mol. The summed E-state index contributed by atoms with van der Waals surface area (Å²) in [5.74, 6) is 1.50. The summed E-state index contributed by atoms with van der Waals surface area (Å²) in [4.78, 5) is 18.9. The number of thioether (sulfide) groups is 1. The Kier molecular flexibility index (Phi) is 4.20. The van der Waals surface area contributed by atoms with Crippen molar-refractivity contribution in [3.63, 3.8) is 0 Å². The molecule has 102 valence electrons. The third-order valence-corrected chi connectivity index (χ3v) is 4.48. The molecule has 0 saturated heterocycles. The van der Waals surface area contributed by atoms with Gasteiger partial charge in [0.1, 0.15) is 5.82 Å². The maximum absolute atomic E-state index is 5.72. The molecule has 19 heavy (non-hydrogen) atoms. The molecule has 1 atom stereocenters. The molecule has 0 aliphatic heterocycles. The van der Waals surface area contributed by atoms with Crippen molar-refractivity contribution in [2.24, 2.45) is 0 Å². The van der Waals surface area contributed by atoms with E-state index in [1.165, 1.54) is 0 Å². The number of hydrogen-bond acceptors (Lipinski definition) is 8. The largest absolute Gasteiger partial charge is 0.368 e. The van der Waals surface area contributed by atoms with Crippen LogP contribution in [0.3, 0.4) is 0 Å². The van der Waals surface area contributed by atoms with E-state index < -0.39 is 0 Å². The lowest BCUT2D eigenvalue weighted by molar-refractivity contribution is 0.864. The highest BCUT2D eigenvalue weighted by Crippen LogP contribution is 2.35. The highest BCUT2D eigenvalue weighted by molar-refractivity contribution is 8.01. The van der Waals surface area contributed by atoms with Crippen LogP contribution in [0.2, 0.25) is 0 Å². The predicted molar refractivity (Wildman–Crippen MR) is 79.7 cm³/mol. The van der Waals surface area contributed by atoms with E-state index in [-0.39, 0.29) is 11.2 Å². The molecule has 2 rings (SSSR count). The van der Waals surface area contributed by atoms with Gasteiger partial charge in [-0.25, -0.2) is 4.98 Å². The molecule has 0 fully saturated rings. The highest BCUT2D eigenvalue weighted by Gasteiger charge is 2.15. The monoisotopic (exact) mass is 296 g/mol. The maximum Gasteiger partial charge on any atom is 0.229 e. The Labute approximate surface area is 120 Å². The van der Waals surface area contributed by atoms with Crippen LogP contribution in [-0.4, -0.2) is 34.0 Å². The van der Waals surface area contributed by atoms with E-state index >= 15 is 0 Å². The van der Waals surface area contributed by atoms with E-state index in [0.29, 0.717) is 11.8 Å². The fraction of sp³-hybridized carbons (Fsp3) is 0.455. The van der Waals surface area contributed by atoms with Crippen LogP contribution in [0.4, 0.5) is 11.9 Å². The number of rotatable bonds is 4. The van der Waals surface area contributed by atoms with Crippen molar-refractivity contribution in [2.75, 3.05) is 24.7 Å². The maximum atomic E-state index is 5.72. The van der Waals surface area contributed by atoms with Gasteiger partial charge in [0.25, 0.3) is 0 Å². The molecule has 6 nitrogen and oxygen atoms in total. The molecule has 0 spiro atoms. The lowest BCUT2D eigenvalue weighted by Gasteiger charge is -2.13. The van der Waals surface area contributed by atoms with Crippen LogP contribution >= 0.6 is 23.1 Å². The number of thiazole rings is 1. The van der Waals surface area contributed by atoms with Crippen molar-refractivity contribution in [3.05, 3.63) is 16.9 Å². The van der Waals surface area contributed by atoms with Crippen LogP contribution < -0.4 is 10.6 Å². The van der Waals surface area contributed by atoms with Gasteiger partial charge in [0.05, 0.1) is 5.25 Å². The fourth-order valence-corrected chi connectivity index (χ4v) is 3.40. The zero-order valence-electron chi connectivity index (χ0n) is 11.3. The Bertz CT molecular complexity index is 568. The van der Waals surface area contributed by atoms with E-state index in [2.05, 4.69) is 19.9 Å². The van der Waals surface area contributed by atoms with Crippen molar-refractivity contribution >= 4 is 35.0 Å². The van der Waals surface area contributed by atoms with Crippen LogP contribution in [0.1, 0.15) is 23.7 Å². The molecule has 2 N–H and O–H groups in total. The van der Waals surface area contributed by atoms with Crippen LogP contribution in [0.15, 0.2) is 9.72 Å². The molecule has 2 heterocycles. The molecule has 0 bridgehead atoms. The number of aromatic nitrogens is 4. The summed E-state index contributed by atoms with van der Waals surface area (Å²) < 4.78 is 1.01. The van der Waals surface area contributed by atoms with E-state index in [4.69, 9.17) is 5.73 Å². The zero-order chi connectivity index (χ0) is 14.0. The number of nitrogens with two attached hydrogens (primary N) is 1. The summed E-state index contributed by atoms with van der Waals surface area (Å²) in [6.45, 7) is 4.02. The van der Waals surface area contributed by atoms with Crippen LogP contribution in [0, 0.1) is 6.92 Å². The number of anilines is 2. The smallest absolute Gasteiger partial charge is 0.229 e. The molecule has 0 saturated carbocycles. The quantitative estimate of drug-likeness (QED) is 0.866. The van der Waals surface area contributed by atoms with Crippen molar-refractivity contribution in [1.82, 2.24) is 19.9 Å². The van der Waals surface area contributed by atoms with Crippen LogP contribution in [0.5, 0.6) is 0 Å². The van der Waals surface area contributed by atoms with Crippen LogP contribution in [0.25, 0.3) is 0 Å². The second kappa shape index (κ2) is 5.70. The van der Waals surface area contributed by atoms with Crippen molar-refractivity contribution in [3.8, 4) is 0 Å². The standard InChI is InChI=1S/C11H16N6S2/c1-6-5-18-11(13-6)19-7(2)8-14-9(12)16-10(15-8)17(3)4/h5,7H,1-4H3,(H2,12,14,15,16). The second-order valence-corrected chi connectivity index (χ2v) is 6.71. The molecule has 0 aromatic carbocycles. The minimum absolute atomic E-state index is 0.0783. The number of aryl methyl sites for hydroxylation is 1. The van der Waals surface area contributed by atoms with Gasteiger partial charge in [-0.1, -0.05) is 11.8 Å². The van der Waals surface area contributed by atoms with Gasteiger partial charge in [0.2, 0.25) is 11.9 Å². The summed E-state index contributed by atoms with van der Waals surface area (Å²) in [6.07, 6.45) is 0. The highest BCUT2D eigenvalue weighted by atomic mass is 32.2. The molecule has 2 aromatic rings. The van der Waals surface area contributed by atoms with Gasteiger partial charge in [0, 0.05) is 25.2 Å². The number of hydrogen-bond donors (Lipinski definition) is 1. The molecule has 1 unspecified atom stereocenters. The fourth-order valence-electron chi connectivity index (χ4n) is 1.37. The van der Waals surface area contributed by atoms with Gasteiger partial charge >= 0.3 is 0 Å². The molecule has 0 radical (unpaired) electrons. The minimum Gasteiger partial charge on any atom is -0.368 e.